The van der Waals surface area contributed by atoms with Gasteiger partial charge in [-0.05, 0) is 57.2 Å². The van der Waals surface area contributed by atoms with Crippen LogP contribution >= 0.6 is 0 Å². The maximum absolute atomic E-state index is 13.8. The summed E-state index contributed by atoms with van der Waals surface area (Å²) >= 11 is 0. The van der Waals surface area contributed by atoms with E-state index in [1.165, 1.54) is 4.90 Å². The Labute approximate surface area is 213 Å². The molecule has 36 heavy (non-hydrogen) atoms. The number of nitriles is 1. The van der Waals surface area contributed by atoms with Gasteiger partial charge in [0.15, 0.2) is 0 Å². The second-order valence-corrected chi connectivity index (χ2v) is 10.1. The molecule has 0 saturated heterocycles. The van der Waals surface area contributed by atoms with Crippen LogP contribution in [0.5, 0.6) is 0 Å². The van der Waals surface area contributed by atoms with E-state index >= 15 is 0 Å². The average Bonchev–Trinajstić information content (AvgIpc) is 2.78. The number of nitrogens with one attached hydrogen (secondary N) is 2. The highest BCUT2D eigenvalue weighted by atomic mass is 16.6. The molecule has 0 aliphatic carbocycles. The number of carbonyl (C=O) groups excluding carboxylic acids is 3. The van der Waals surface area contributed by atoms with Crippen molar-refractivity contribution in [3.05, 3.63) is 65.2 Å². The zero-order chi connectivity index (χ0) is 27.0. The largest absolute Gasteiger partial charge is 0.444 e. The summed E-state index contributed by atoms with van der Waals surface area (Å²) < 4.78 is 5.34. The third-order valence-electron chi connectivity index (χ3n) is 5.53. The minimum absolute atomic E-state index is 0.329. The van der Waals surface area contributed by atoms with Crippen LogP contribution < -0.4 is 10.6 Å². The van der Waals surface area contributed by atoms with Gasteiger partial charge in [0.05, 0.1) is 6.07 Å². The first-order valence-corrected chi connectivity index (χ1v) is 11.9. The van der Waals surface area contributed by atoms with Gasteiger partial charge in [-0.2, -0.15) is 5.26 Å². The number of benzene rings is 2. The summed E-state index contributed by atoms with van der Waals surface area (Å²) in [5, 5.41) is 15.2. The van der Waals surface area contributed by atoms with E-state index in [0.29, 0.717) is 11.3 Å². The molecule has 0 spiro atoms. The summed E-state index contributed by atoms with van der Waals surface area (Å²) in [6.45, 7) is 12.2. The molecule has 0 heterocycles. The van der Waals surface area contributed by atoms with Crippen LogP contribution in [0.25, 0.3) is 0 Å². The van der Waals surface area contributed by atoms with Crippen molar-refractivity contribution in [3.63, 3.8) is 0 Å². The Morgan fingerprint density at radius 3 is 2.08 bits per heavy atom. The van der Waals surface area contributed by atoms with Gasteiger partial charge in [-0.3, -0.25) is 9.59 Å². The van der Waals surface area contributed by atoms with Crippen molar-refractivity contribution in [1.82, 2.24) is 10.2 Å². The molecule has 2 N–H and O–H groups in total. The molecule has 192 valence electrons. The van der Waals surface area contributed by atoms with Crippen LogP contribution in [0.1, 0.15) is 57.4 Å². The normalized spacial score (nSPS) is 12.8. The van der Waals surface area contributed by atoms with Gasteiger partial charge in [-0.15, -0.1) is 0 Å². The summed E-state index contributed by atoms with van der Waals surface area (Å²) in [5.74, 6) is -1.34. The summed E-state index contributed by atoms with van der Waals surface area (Å²) in [6.07, 6.45) is -0.747. The SMILES string of the molecule is Cc1cccc(C)c1NC(=O)C(c1ccccc1)N(CC#N)C(=O)C(NC(=O)OC(C)(C)C)C(C)C. The predicted octanol–water partition coefficient (Wildman–Crippen LogP) is 4.88. The average molecular weight is 493 g/mol. The molecule has 0 aliphatic rings. The van der Waals surface area contributed by atoms with Crippen LogP contribution in [0, 0.1) is 31.1 Å². The van der Waals surface area contributed by atoms with E-state index < -0.39 is 35.6 Å². The van der Waals surface area contributed by atoms with Crippen LogP contribution in [-0.4, -0.2) is 41.0 Å². The molecule has 2 unspecified atom stereocenters. The highest BCUT2D eigenvalue weighted by molar-refractivity contribution is 6.00. The predicted molar refractivity (Wildman–Crippen MR) is 139 cm³/mol. The Kier molecular flexibility index (Phi) is 9.62. The summed E-state index contributed by atoms with van der Waals surface area (Å²) in [7, 11) is 0. The fraction of sp³-hybridized carbons (Fsp3) is 0.429. The number of aryl methyl sites for hydroxylation is 2. The maximum Gasteiger partial charge on any atom is 0.408 e. The Morgan fingerprint density at radius 1 is 1.00 bits per heavy atom. The van der Waals surface area contributed by atoms with Crippen LogP contribution in [-0.2, 0) is 14.3 Å². The number of hydrogen-bond donors (Lipinski definition) is 2. The highest BCUT2D eigenvalue weighted by Crippen LogP contribution is 2.27. The minimum Gasteiger partial charge on any atom is -0.444 e. The van der Waals surface area contributed by atoms with E-state index in [4.69, 9.17) is 4.74 Å². The van der Waals surface area contributed by atoms with E-state index in [9.17, 15) is 19.6 Å². The fourth-order valence-corrected chi connectivity index (χ4v) is 3.81. The number of rotatable bonds is 8. The number of carbonyl (C=O) groups is 3. The van der Waals surface area contributed by atoms with Crippen molar-refractivity contribution in [3.8, 4) is 6.07 Å². The van der Waals surface area contributed by atoms with Crippen molar-refractivity contribution in [2.75, 3.05) is 11.9 Å². The Hall–Kier alpha value is -3.86. The molecule has 2 aromatic carbocycles. The second kappa shape index (κ2) is 12.2. The van der Waals surface area contributed by atoms with Crippen LogP contribution in [0.15, 0.2) is 48.5 Å². The number of alkyl carbamates (subject to hydrolysis) is 1. The second-order valence-electron chi connectivity index (χ2n) is 10.1. The first kappa shape index (κ1) is 28.4. The molecule has 0 bridgehead atoms. The lowest BCUT2D eigenvalue weighted by atomic mass is 9.98. The van der Waals surface area contributed by atoms with E-state index in [2.05, 4.69) is 10.6 Å². The lowest BCUT2D eigenvalue weighted by Gasteiger charge is -2.34. The van der Waals surface area contributed by atoms with E-state index in [-0.39, 0.29) is 12.5 Å². The van der Waals surface area contributed by atoms with Gasteiger partial charge in [0.2, 0.25) is 5.91 Å². The molecule has 8 heteroatoms. The molecule has 8 nitrogen and oxygen atoms in total. The number of hydrogen-bond acceptors (Lipinski definition) is 5. The molecule has 0 saturated carbocycles. The van der Waals surface area contributed by atoms with Gasteiger partial charge in [-0.1, -0.05) is 62.4 Å². The van der Waals surface area contributed by atoms with E-state index in [1.54, 1.807) is 65.0 Å². The van der Waals surface area contributed by atoms with Crippen LogP contribution in [0.3, 0.4) is 0 Å². The van der Waals surface area contributed by atoms with Crippen molar-refractivity contribution in [2.24, 2.45) is 5.92 Å². The minimum atomic E-state index is -1.10. The molecule has 2 aromatic rings. The lowest BCUT2D eigenvalue weighted by molar-refractivity contribution is -0.140. The fourth-order valence-electron chi connectivity index (χ4n) is 3.81. The number of ether oxygens (including phenoxy) is 1. The number of para-hydroxylation sites is 1. The molecule has 3 amide bonds. The van der Waals surface area contributed by atoms with Crippen molar-refractivity contribution in [2.45, 2.75) is 66.2 Å². The van der Waals surface area contributed by atoms with Gasteiger partial charge in [0, 0.05) is 5.69 Å². The summed E-state index contributed by atoms with van der Waals surface area (Å²) in [5.41, 5.74) is 2.20. The quantitative estimate of drug-likeness (QED) is 0.510. The third-order valence-corrected chi connectivity index (χ3v) is 5.53. The molecule has 0 radical (unpaired) electrons. The Bertz CT molecular complexity index is 1100. The number of anilines is 1. The van der Waals surface area contributed by atoms with E-state index in [0.717, 1.165) is 11.1 Å². The summed E-state index contributed by atoms with van der Waals surface area (Å²) in [4.78, 5) is 41.2. The van der Waals surface area contributed by atoms with Crippen molar-refractivity contribution < 1.29 is 19.1 Å². The maximum atomic E-state index is 13.8. The standard InChI is InChI=1S/C28H36N4O4/c1-18(2)22(31-27(35)36-28(5,6)7)26(34)32(17-16-29)24(21-14-9-8-10-15-21)25(33)30-23-19(3)12-11-13-20(23)4/h8-15,18,22,24H,17H2,1-7H3,(H,30,33)(H,31,35). The van der Waals surface area contributed by atoms with Gasteiger partial charge in [-0.25, -0.2) is 4.79 Å². The third kappa shape index (κ3) is 7.57. The zero-order valence-corrected chi connectivity index (χ0v) is 22.1. The smallest absolute Gasteiger partial charge is 0.408 e. The van der Waals surface area contributed by atoms with E-state index in [1.807, 2.05) is 38.1 Å². The highest BCUT2D eigenvalue weighted by Gasteiger charge is 2.37. The molecular formula is C28H36N4O4. The van der Waals surface area contributed by atoms with Crippen LogP contribution in [0.4, 0.5) is 10.5 Å². The number of amides is 3. The lowest BCUT2D eigenvalue weighted by Crippen LogP contribution is -2.54. The molecule has 0 fully saturated rings. The molecule has 2 rings (SSSR count). The Balaban J connectivity index is 2.49. The molecule has 2 atom stereocenters. The molecule has 0 aliphatic heterocycles. The zero-order valence-electron chi connectivity index (χ0n) is 22.1. The van der Waals surface area contributed by atoms with Crippen molar-refractivity contribution in [1.29, 1.82) is 5.26 Å². The summed E-state index contributed by atoms with van der Waals surface area (Å²) in [6, 6.07) is 14.4. The first-order valence-electron chi connectivity index (χ1n) is 11.9. The monoisotopic (exact) mass is 492 g/mol. The van der Waals surface area contributed by atoms with Crippen molar-refractivity contribution >= 4 is 23.6 Å². The molecule has 0 aromatic heterocycles. The Morgan fingerprint density at radius 2 is 1.58 bits per heavy atom. The van der Waals surface area contributed by atoms with Gasteiger partial charge >= 0.3 is 6.09 Å². The van der Waals surface area contributed by atoms with Gasteiger partial charge < -0.3 is 20.3 Å². The van der Waals surface area contributed by atoms with Crippen LogP contribution in [0.2, 0.25) is 0 Å². The molecular weight excluding hydrogens is 456 g/mol. The topological polar surface area (TPSA) is 112 Å². The number of nitrogens with zero attached hydrogens (tertiary/aromatic N) is 2. The van der Waals surface area contributed by atoms with Gasteiger partial charge in [0.25, 0.3) is 5.91 Å². The first-order chi connectivity index (χ1) is 16.9. The van der Waals surface area contributed by atoms with Gasteiger partial charge in [0.1, 0.15) is 24.2 Å².